The van der Waals surface area contributed by atoms with Crippen molar-refractivity contribution in [1.29, 1.82) is 0 Å². The molecule has 1 aromatic carbocycles. The standard InChI is InChI=1S/C15H14BrClFNO4/c1-15(11-8(17)4-2-5-9(11)18)13(22)12(21)14(23-15)19-10(20)6-3-7-16/h2,4-5,21H,3,6-7H2,1H3,(H,19,20). The number of aliphatic hydroxyl groups is 1. The predicted octanol–water partition coefficient (Wildman–Crippen LogP) is 3.31. The Kier molecular flexibility index (Phi) is 5.31. The smallest absolute Gasteiger partial charge is 0.250 e. The van der Waals surface area contributed by atoms with Crippen LogP contribution in [0.15, 0.2) is 29.8 Å². The molecular weight excluding hydrogens is 393 g/mol. The Morgan fingerprint density at radius 1 is 1.52 bits per heavy atom. The van der Waals surface area contributed by atoms with Crippen molar-refractivity contribution in [3.63, 3.8) is 0 Å². The van der Waals surface area contributed by atoms with Crippen molar-refractivity contribution in [2.45, 2.75) is 25.4 Å². The molecule has 0 saturated carbocycles. The minimum Gasteiger partial charge on any atom is -0.501 e. The van der Waals surface area contributed by atoms with Crippen LogP contribution in [0.5, 0.6) is 0 Å². The molecular formula is C15H14BrClFNO4. The molecule has 0 bridgehead atoms. The summed E-state index contributed by atoms with van der Waals surface area (Å²) in [6.45, 7) is 1.29. The number of hydrogen-bond donors (Lipinski definition) is 2. The molecule has 1 aliphatic heterocycles. The number of rotatable bonds is 5. The second kappa shape index (κ2) is 6.88. The number of benzene rings is 1. The lowest BCUT2D eigenvalue weighted by atomic mass is 9.91. The average molecular weight is 407 g/mol. The highest BCUT2D eigenvalue weighted by atomic mass is 79.9. The largest absolute Gasteiger partial charge is 0.501 e. The SMILES string of the molecule is CC1(c2c(F)cccc2Cl)OC(NC(=O)CCCBr)=C(O)C1=O. The van der Waals surface area contributed by atoms with Gasteiger partial charge in [-0.15, -0.1) is 0 Å². The van der Waals surface area contributed by atoms with E-state index in [4.69, 9.17) is 16.3 Å². The Morgan fingerprint density at radius 2 is 2.22 bits per heavy atom. The second-order valence-electron chi connectivity index (χ2n) is 5.08. The lowest BCUT2D eigenvalue weighted by Crippen LogP contribution is -2.33. The van der Waals surface area contributed by atoms with Crippen LogP contribution >= 0.6 is 27.5 Å². The van der Waals surface area contributed by atoms with Crippen molar-refractivity contribution in [3.05, 3.63) is 46.2 Å². The van der Waals surface area contributed by atoms with Gasteiger partial charge < -0.3 is 9.84 Å². The van der Waals surface area contributed by atoms with Gasteiger partial charge in [0.1, 0.15) is 5.82 Å². The normalized spacial score (nSPS) is 20.6. The van der Waals surface area contributed by atoms with Crippen molar-refractivity contribution in [1.82, 2.24) is 5.32 Å². The van der Waals surface area contributed by atoms with Crippen molar-refractivity contribution < 1.29 is 23.8 Å². The van der Waals surface area contributed by atoms with Crippen LogP contribution in [0.25, 0.3) is 0 Å². The summed E-state index contributed by atoms with van der Waals surface area (Å²) in [5.74, 6) is -3.20. The summed E-state index contributed by atoms with van der Waals surface area (Å²) < 4.78 is 19.5. The summed E-state index contributed by atoms with van der Waals surface area (Å²) in [6, 6.07) is 3.93. The quantitative estimate of drug-likeness (QED) is 0.736. The van der Waals surface area contributed by atoms with E-state index in [1.54, 1.807) is 0 Å². The van der Waals surface area contributed by atoms with Crippen LogP contribution in [-0.4, -0.2) is 22.1 Å². The van der Waals surface area contributed by atoms with E-state index >= 15 is 0 Å². The zero-order chi connectivity index (χ0) is 17.2. The molecule has 124 valence electrons. The van der Waals surface area contributed by atoms with Crippen LogP contribution < -0.4 is 5.32 Å². The molecule has 1 aliphatic rings. The summed E-state index contributed by atoms with van der Waals surface area (Å²) >= 11 is 9.16. The lowest BCUT2D eigenvalue weighted by molar-refractivity contribution is -0.133. The van der Waals surface area contributed by atoms with E-state index in [-0.39, 0.29) is 17.0 Å². The summed E-state index contributed by atoms with van der Waals surface area (Å²) in [5.41, 5.74) is -2.03. The second-order valence-corrected chi connectivity index (χ2v) is 6.28. The number of carbonyl (C=O) groups excluding carboxylic acids is 2. The van der Waals surface area contributed by atoms with E-state index in [9.17, 15) is 19.1 Å². The third kappa shape index (κ3) is 3.35. The predicted molar refractivity (Wildman–Crippen MR) is 85.7 cm³/mol. The van der Waals surface area contributed by atoms with Crippen molar-refractivity contribution in [2.75, 3.05) is 5.33 Å². The number of ether oxygens (including phenoxy) is 1. The molecule has 5 nitrogen and oxygen atoms in total. The molecule has 0 saturated heterocycles. The zero-order valence-corrected chi connectivity index (χ0v) is 14.5. The van der Waals surface area contributed by atoms with Crippen LogP contribution in [0.1, 0.15) is 25.3 Å². The van der Waals surface area contributed by atoms with Crippen LogP contribution in [0.4, 0.5) is 4.39 Å². The Balaban J connectivity index is 2.29. The molecule has 0 spiro atoms. The van der Waals surface area contributed by atoms with Crippen molar-refractivity contribution in [3.8, 4) is 0 Å². The average Bonchev–Trinajstić information content (AvgIpc) is 2.70. The van der Waals surface area contributed by atoms with Crippen molar-refractivity contribution in [2.24, 2.45) is 0 Å². The number of hydrogen-bond acceptors (Lipinski definition) is 4. The van der Waals surface area contributed by atoms with Crippen LogP contribution in [0, 0.1) is 5.82 Å². The van der Waals surface area contributed by atoms with E-state index < -0.39 is 34.8 Å². The Hall–Kier alpha value is -1.60. The van der Waals surface area contributed by atoms with E-state index in [1.165, 1.54) is 19.1 Å². The Morgan fingerprint density at radius 3 is 2.83 bits per heavy atom. The summed E-state index contributed by atoms with van der Waals surface area (Å²) in [6.07, 6.45) is 0.751. The third-order valence-corrected chi connectivity index (χ3v) is 4.28. The Labute approximate surface area is 145 Å². The number of halogens is 3. The molecule has 0 radical (unpaired) electrons. The van der Waals surface area contributed by atoms with Gasteiger partial charge in [-0.3, -0.25) is 14.9 Å². The highest BCUT2D eigenvalue weighted by Gasteiger charge is 2.50. The molecule has 8 heteroatoms. The molecule has 1 heterocycles. The van der Waals surface area contributed by atoms with Gasteiger partial charge in [0.05, 0.1) is 10.6 Å². The van der Waals surface area contributed by atoms with E-state index in [2.05, 4.69) is 21.2 Å². The molecule has 23 heavy (non-hydrogen) atoms. The van der Waals surface area contributed by atoms with Gasteiger partial charge in [-0.2, -0.15) is 0 Å². The highest BCUT2D eigenvalue weighted by molar-refractivity contribution is 9.09. The van der Waals surface area contributed by atoms with Gasteiger partial charge >= 0.3 is 0 Å². The fourth-order valence-electron chi connectivity index (χ4n) is 2.25. The van der Waals surface area contributed by atoms with Gasteiger partial charge in [0.2, 0.25) is 23.2 Å². The number of carbonyl (C=O) groups is 2. The third-order valence-electron chi connectivity index (χ3n) is 3.40. The fraction of sp³-hybridized carbons (Fsp3) is 0.333. The summed E-state index contributed by atoms with van der Waals surface area (Å²) in [7, 11) is 0. The monoisotopic (exact) mass is 405 g/mol. The van der Waals surface area contributed by atoms with Gasteiger partial charge in [0, 0.05) is 11.8 Å². The number of nitrogens with one attached hydrogen (secondary N) is 1. The van der Waals surface area contributed by atoms with Gasteiger partial charge in [-0.1, -0.05) is 33.6 Å². The molecule has 1 amide bonds. The first-order chi connectivity index (χ1) is 10.8. The molecule has 1 unspecified atom stereocenters. The van der Waals surface area contributed by atoms with Crippen LogP contribution in [0.2, 0.25) is 5.02 Å². The van der Waals surface area contributed by atoms with Gasteiger partial charge in [-0.05, 0) is 25.5 Å². The number of ketones is 1. The van der Waals surface area contributed by atoms with E-state index in [0.717, 1.165) is 6.07 Å². The molecule has 2 rings (SSSR count). The fourth-order valence-corrected chi connectivity index (χ4v) is 2.87. The Bertz CT molecular complexity index is 674. The molecule has 1 aromatic rings. The van der Waals surface area contributed by atoms with Crippen LogP contribution in [-0.2, 0) is 19.9 Å². The minimum atomic E-state index is -1.84. The maximum atomic E-state index is 14.1. The molecule has 0 aromatic heterocycles. The van der Waals surface area contributed by atoms with Crippen LogP contribution in [0.3, 0.4) is 0 Å². The molecule has 0 aliphatic carbocycles. The van der Waals surface area contributed by atoms with Crippen molar-refractivity contribution >= 4 is 39.2 Å². The maximum Gasteiger partial charge on any atom is 0.250 e. The topological polar surface area (TPSA) is 75.6 Å². The number of alkyl halides is 1. The maximum absolute atomic E-state index is 14.1. The number of aliphatic hydroxyl groups excluding tert-OH is 1. The number of Topliss-reactive ketones (excluding diaryl/α,β-unsaturated/α-hetero) is 1. The zero-order valence-electron chi connectivity index (χ0n) is 12.2. The molecule has 2 N–H and O–H groups in total. The summed E-state index contributed by atoms with van der Waals surface area (Å²) in [5, 5.41) is 12.9. The first kappa shape index (κ1) is 17.7. The molecule has 1 atom stereocenters. The number of amides is 1. The minimum absolute atomic E-state index is 0.0134. The highest BCUT2D eigenvalue weighted by Crippen LogP contribution is 2.41. The van der Waals surface area contributed by atoms with E-state index in [0.29, 0.717) is 11.8 Å². The molecule has 0 fully saturated rings. The van der Waals surface area contributed by atoms with Gasteiger partial charge in [-0.25, -0.2) is 4.39 Å². The lowest BCUT2D eigenvalue weighted by Gasteiger charge is -2.25. The van der Waals surface area contributed by atoms with Gasteiger partial charge in [0.15, 0.2) is 0 Å². The first-order valence-corrected chi connectivity index (χ1v) is 8.28. The van der Waals surface area contributed by atoms with Gasteiger partial charge in [0.25, 0.3) is 5.78 Å². The summed E-state index contributed by atoms with van der Waals surface area (Å²) in [4.78, 5) is 24.0. The van der Waals surface area contributed by atoms with E-state index in [1.807, 2.05) is 0 Å². The first-order valence-electron chi connectivity index (χ1n) is 6.78.